The van der Waals surface area contributed by atoms with Gasteiger partial charge in [-0.1, -0.05) is 0 Å². The Bertz CT molecular complexity index is 448. The van der Waals surface area contributed by atoms with E-state index < -0.39 is 0 Å². The second-order valence-corrected chi connectivity index (χ2v) is 5.40. The molecule has 16 heavy (non-hydrogen) atoms. The molecule has 2 nitrogen and oxygen atoms in total. The van der Waals surface area contributed by atoms with Gasteiger partial charge in [0, 0.05) is 17.7 Å². The lowest BCUT2D eigenvalue weighted by Gasteiger charge is -2.34. The molecular weight excluding hydrogens is 216 g/mol. The van der Waals surface area contributed by atoms with Crippen molar-refractivity contribution in [3.8, 4) is 6.07 Å². The van der Waals surface area contributed by atoms with Crippen LogP contribution in [-0.2, 0) is 0 Å². The lowest BCUT2D eigenvalue weighted by Crippen LogP contribution is -2.36. The van der Waals surface area contributed by atoms with Crippen LogP contribution >= 0.6 is 11.8 Å². The first-order valence-electron chi connectivity index (χ1n) is 5.47. The fraction of sp³-hybridized carbons (Fsp3) is 0.462. The van der Waals surface area contributed by atoms with Crippen LogP contribution in [-0.4, -0.2) is 18.8 Å². The Hall–Kier alpha value is -1.14. The summed E-state index contributed by atoms with van der Waals surface area (Å²) in [5.41, 5.74) is 3.95. The van der Waals surface area contributed by atoms with Crippen molar-refractivity contribution >= 4 is 17.4 Å². The summed E-state index contributed by atoms with van der Waals surface area (Å²) < 4.78 is 0. The maximum absolute atomic E-state index is 8.80. The minimum absolute atomic E-state index is 0.351. The minimum atomic E-state index is 0.351. The lowest BCUT2D eigenvalue weighted by atomic mass is 10.1. The number of hydrogen-bond donors (Lipinski definition) is 0. The molecule has 1 aromatic carbocycles. The minimum Gasteiger partial charge on any atom is -0.369 e. The van der Waals surface area contributed by atoms with Crippen molar-refractivity contribution in [3.63, 3.8) is 0 Å². The zero-order valence-corrected chi connectivity index (χ0v) is 10.8. The molecule has 1 aliphatic rings. The maximum atomic E-state index is 8.80. The van der Waals surface area contributed by atoms with Crippen LogP contribution in [0.4, 0.5) is 5.69 Å². The van der Waals surface area contributed by atoms with E-state index in [0.29, 0.717) is 12.5 Å². The number of nitriles is 1. The highest BCUT2D eigenvalue weighted by molar-refractivity contribution is 7.99. The predicted molar refractivity (Wildman–Crippen MR) is 69.1 cm³/mol. The Balaban J connectivity index is 2.37. The van der Waals surface area contributed by atoms with Crippen LogP contribution in [0.5, 0.6) is 0 Å². The molecule has 1 heterocycles. The molecule has 0 saturated heterocycles. The maximum Gasteiger partial charge on any atom is 0.0643 e. The molecular formula is C13H16N2S. The first-order valence-corrected chi connectivity index (χ1v) is 6.46. The Morgan fingerprint density at radius 3 is 2.81 bits per heavy atom. The van der Waals surface area contributed by atoms with Gasteiger partial charge in [0.05, 0.1) is 24.2 Å². The fourth-order valence-corrected chi connectivity index (χ4v) is 3.29. The van der Waals surface area contributed by atoms with Crippen LogP contribution in [0, 0.1) is 25.2 Å². The molecule has 1 aliphatic heterocycles. The van der Waals surface area contributed by atoms with Crippen LogP contribution in [0.3, 0.4) is 0 Å². The molecule has 0 amide bonds. The highest BCUT2D eigenvalue weighted by Gasteiger charge is 2.24. The topological polar surface area (TPSA) is 27.0 Å². The average molecular weight is 232 g/mol. The van der Waals surface area contributed by atoms with Gasteiger partial charge in [0.2, 0.25) is 0 Å². The molecule has 0 aromatic heterocycles. The fourth-order valence-electron chi connectivity index (χ4n) is 1.96. The summed E-state index contributed by atoms with van der Waals surface area (Å²) >= 11 is 1.87. The van der Waals surface area contributed by atoms with E-state index in [0.717, 1.165) is 5.75 Å². The van der Waals surface area contributed by atoms with Crippen LogP contribution in [0.15, 0.2) is 17.0 Å². The molecule has 0 aliphatic carbocycles. The SMILES string of the molecule is Cc1cc2c(cc1C)N(C)C(CC#N)CS2. The Labute approximate surface area is 101 Å². The van der Waals surface area contributed by atoms with Gasteiger partial charge in [0.25, 0.3) is 0 Å². The quantitative estimate of drug-likeness (QED) is 0.744. The van der Waals surface area contributed by atoms with Crippen molar-refractivity contribution in [1.29, 1.82) is 5.26 Å². The highest BCUT2D eigenvalue weighted by Crippen LogP contribution is 2.38. The molecule has 0 fully saturated rings. The van der Waals surface area contributed by atoms with E-state index in [4.69, 9.17) is 5.26 Å². The average Bonchev–Trinajstić information content (AvgIpc) is 2.26. The standard InChI is InChI=1S/C13H16N2S/c1-9-6-12-13(7-10(9)2)16-8-11(4-5-14)15(12)3/h6-7,11H,4,8H2,1-3H3. The molecule has 0 spiro atoms. The van der Waals surface area contributed by atoms with Gasteiger partial charge in [-0.2, -0.15) is 5.26 Å². The first-order chi connectivity index (χ1) is 7.63. The monoisotopic (exact) mass is 232 g/mol. The van der Waals surface area contributed by atoms with Crippen molar-refractivity contribution in [3.05, 3.63) is 23.3 Å². The van der Waals surface area contributed by atoms with Gasteiger partial charge < -0.3 is 4.90 Å². The molecule has 0 bridgehead atoms. The third-order valence-electron chi connectivity index (χ3n) is 3.26. The number of thioether (sulfide) groups is 1. The van der Waals surface area contributed by atoms with Crippen molar-refractivity contribution in [2.45, 2.75) is 31.2 Å². The van der Waals surface area contributed by atoms with E-state index in [-0.39, 0.29) is 0 Å². The summed E-state index contributed by atoms with van der Waals surface area (Å²) in [6.07, 6.45) is 0.607. The van der Waals surface area contributed by atoms with Gasteiger partial charge in [0.15, 0.2) is 0 Å². The van der Waals surface area contributed by atoms with E-state index >= 15 is 0 Å². The normalized spacial score (nSPS) is 19.1. The molecule has 0 N–H and O–H groups in total. The molecule has 3 heteroatoms. The van der Waals surface area contributed by atoms with E-state index in [9.17, 15) is 0 Å². The zero-order valence-electron chi connectivity index (χ0n) is 9.95. The van der Waals surface area contributed by atoms with Gasteiger partial charge in [-0.25, -0.2) is 0 Å². The number of anilines is 1. The van der Waals surface area contributed by atoms with Crippen LogP contribution in [0.1, 0.15) is 17.5 Å². The number of aryl methyl sites for hydroxylation is 2. The highest BCUT2D eigenvalue weighted by atomic mass is 32.2. The van der Waals surface area contributed by atoms with Crippen LogP contribution in [0.2, 0.25) is 0 Å². The Kier molecular flexibility index (Phi) is 3.11. The molecule has 0 saturated carbocycles. The van der Waals surface area contributed by atoms with Crippen LogP contribution < -0.4 is 4.90 Å². The smallest absolute Gasteiger partial charge is 0.0643 e. The number of rotatable bonds is 1. The molecule has 1 atom stereocenters. The van der Waals surface area contributed by atoms with E-state index in [2.05, 4.69) is 44.0 Å². The number of nitrogens with zero attached hydrogens (tertiary/aromatic N) is 2. The second kappa shape index (κ2) is 4.39. The third kappa shape index (κ3) is 1.90. The van der Waals surface area contributed by atoms with Crippen molar-refractivity contribution in [2.75, 3.05) is 17.7 Å². The summed E-state index contributed by atoms with van der Waals surface area (Å²) in [5, 5.41) is 8.80. The second-order valence-electron chi connectivity index (χ2n) is 4.34. The van der Waals surface area contributed by atoms with E-state index in [1.165, 1.54) is 21.7 Å². The van der Waals surface area contributed by atoms with Gasteiger partial charge in [-0.3, -0.25) is 0 Å². The molecule has 1 unspecified atom stereocenters. The summed E-state index contributed by atoms with van der Waals surface area (Å²) in [7, 11) is 2.09. The molecule has 1 aromatic rings. The van der Waals surface area contributed by atoms with Gasteiger partial charge >= 0.3 is 0 Å². The third-order valence-corrected chi connectivity index (χ3v) is 4.45. The number of fused-ring (bicyclic) bond motifs is 1. The summed E-state index contributed by atoms with van der Waals surface area (Å²) in [6.45, 7) is 4.29. The van der Waals surface area contributed by atoms with E-state index in [1.54, 1.807) is 0 Å². The zero-order chi connectivity index (χ0) is 11.7. The van der Waals surface area contributed by atoms with E-state index in [1.807, 2.05) is 11.8 Å². The number of benzene rings is 1. The predicted octanol–water partition coefficient (Wildman–Crippen LogP) is 3.13. The van der Waals surface area contributed by atoms with Gasteiger partial charge in [-0.05, 0) is 37.1 Å². The largest absolute Gasteiger partial charge is 0.369 e. The van der Waals surface area contributed by atoms with Crippen molar-refractivity contribution in [2.24, 2.45) is 0 Å². The molecule has 0 radical (unpaired) electrons. The molecule has 84 valence electrons. The Morgan fingerprint density at radius 2 is 2.12 bits per heavy atom. The lowest BCUT2D eigenvalue weighted by molar-refractivity contribution is 0.698. The molecule has 2 rings (SSSR count). The van der Waals surface area contributed by atoms with Gasteiger partial charge in [0.1, 0.15) is 0 Å². The van der Waals surface area contributed by atoms with Gasteiger partial charge in [-0.15, -0.1) is 11.8 Å². The summed E-state index contributed by atoms with van der Waals surface area (Å²) in [6, 6.07) is 7.12. The summed E-state index contributed by atoms with van der Waals surface area (Å²) in [5.74, 6) is 1.01. The van der Waals surface area contributed by atoms with Crippen molar-refractivity contribution < 1.29 is 0 Å². The Morgan fingerprint density at radius 1 is 1.44 bits per heavy atom. The van der Waals surface area contributed by atoms with Crippen molar-refractivity contribution in [1.82, 2.24) is 0 Å². The number of hydrogen-bond acceptors (Lipinski definition) is 3. The first kappa shape index (κ1) is 11.3. The summed E-state index contributed by atoms with van der Waals surface area (Å²) in [4.78, 5) is 3.60. The van der Waals surface area contributed by atoms with Crippen LogP contribution in [0.25, 0.3) is 0 Å².